The fourth-order valence-corrected chi connectivity index (χ4v) is 2.40. The zero-order valence-electron chi connectivity index (χ0n) is 13.6. The smallest absolute Gasteiger partial charge is 0.234 e. The van der Waals surface area contributed by atoms with Gasteiger partial charge in [0.1, 0.15) is 0 Å². The molecule has 0 aromatic heterocycles. The van der Waals surface area contributed by atoms with Crippen molar-refractivity contribution in [1.82, 2.24) is 15.1 Å². The SMILES string of the molecule is CC(C)CCNC(=O)CN1CCN(C(C)(C)CN)CC1. The fraction of sp³-hybridized carbons (Fsp3) is 0.933. The average molecular weight is 284 g/mol. The van der Waals surface area contributed by atoms with E-state index in [-0.39, 0.29) is 11.4 Å². The van der Waals surface area contributed by atoms with Gasteiger partial charge in [0.2, 0.25) is 5.91 Å². The molecule has 0 aromatic carbocycles. The van der Waals surface area contributed by atoms with Crippen molar-refractivity contribution in [3.05, 3.63) is 0 Å². The molecular weight excluding hydrogens is 252 g/mol. The van der Waals surface area contributed by atoms with Crippen LogP contribution in [0, 0.1) is 5.92 Å². The summed E-state index contributed by atoms with van der Waals surface area (Å²) in [6.07, 6.45) is 1.05. The molecule has 0 aromatic rings. The maximum absolute atomic E-state index is 11.8. The Morgan fingerprint density at radius 2 is 1.85 bits per heavy atom. The van der Waals surface area contributed by atoms with Crippen LogP contribution in [0.4, 0.5) is 0 Å². The quantitative estimate of drug-likeness (QED) is 0.715. The second-order valence-corrected chi connectivity index (χ2v) is 6.81. The molecule has 0 bridgehead atoms. The van der Waals surface area contributed by atoms with Gasteiger partial charge in [0, 0.05) is 44.8 Å². The van der Waals surface area contributed by atoms with Crippen LogP contribution in [-0.2, 0) is 4.79 Å². The normalized spacial score (nSPS) is 18.5. The molecule has 0 saturated carbocycles. The van der Waals surface area contributed by atoms with Crippen LogP contribution in [-0.4, -0.2) is 67.1 Å². The molecule has 1 amide bonds. The Morgan fingerprint density at radius 3 is 2.35 bits per heavy atom. The molecule has 1 aliphatic rings. The van der Waals surface area contributed by atoms with Gasteiger partial charge in [0.25, 0.3) is 0 Å². The number of carbonyl (C=O) groups excluding carboxylic acids is 1. The number of nitrogens with one attached hydrogen (secondary N) is 1. The van der Waals surface area contributed by atoms with Crippen molar-refractivity contribution in [3.8, 4) is 0 Å². The van der Waals surface area contributed by atoms with Crippen molar-refractivity contribution in [2.75, 3.05) is 45.8 Å². The fourth-order valence-electron chi connectivity index (χ4n) is 2.40. The van der Waals surface area contributed by atoms with Crippen molar-refractivity contribution in [3.63, 3.8) is 0 Å². The van der Waals surface area contributed by atoms with Gasteiger partial charge in [-0.15, -0.1) is 0 Å². The lowest BCUT2D eigenvalue weighted by atomic mass is 10.0. The number of carbonyl (C=O) groups is 1. The molecule has 3 N–H and O–H groups in total. The second kappa shape index (κ2) is 7.96. The first-order valence-corrected chi connectivity index (χ1v) is 7.79. The molecule has 0 aliphatic carbocycles. The summed E-state index contributed by atoms with van der Waals surface area (Å²) in [6.45, 7) is 14.6. The van der Waals surface area contributed by atoms with Crippen LogP contribution < -0.4 is 11.1 Å². The first kappa shape index (κ1) is 17.4. The van der Waals surface area contributed by atoms with Crippen molar-refractivity contribution in [1.29, 1.82) is 0 Å². The zero-order chi connectivity index (χ0) is 15.2. The van der Waals surface area contributed by atoms with Gasteiger partial charge in [0.15, 0.2) is 0 Å². The summed E-state index contributed by atoms with van der Waals surface area (Å²) in [5.41, 5.74) is 5.87. The molecule has 1 aliphatic heterocycles. The topological polar surface area (TPSA) is 61.6 Å². The van der Waals surface area contributed by atoms with Crippen LogP contribution >= 0.6 is 0 Å². The molecule has 118 valence electrons. The van der Waals surface area contributed by atoms with Crippen molar-refractivity contribution in [2.24, 2.45) is 11.7 Å². The van der Waals surface area contributed by atoms with E-state index in [1.165, 1.54) is 0 Å². The highest BCUT2D eigenvalue weighted by molar-refractivity contribution is 5.77. The molecule has 0 spiro atoms. The van der Waals surface area contributed by atoms with Gasteiger partial charge < -0.3 is 11.1 Å². The van der Waals surface area contributed by atoms with E-state index in [4.69, 9.17) is 5.73 Å². The predicted octanol–water partition coefficient (Wildman–Crippen LogP) is 0.504. The van der Waals surface area contributed by atoms with E-state index in [0.717, 1.165) is 39.1 Å². The molecule has 1 rings (SSSR count). The van der Waals surface area contributed by atoms with Crippen LogP contribution in [0.25, 0.3) is 0 Å². The van der Waals surface area contributed by atoms with E-state index in [2.05, 4.69) is 42.8 Å². The number of hydrogen-bond donors (Lipinski definition) is 2. The molecule has 1 saturated heterocycles. The van der Waals surface area contributed by atoms with E-state index in [1.54, 1.807) is 0 Å². The third-order valence-electron chi connectivity index (χ3n) is 4.14. The Kier molecular flexibility index (Phi) is 6.92. The molecule has 0 unspecified atom stereocenters. The Bertz CT molecular complexity index is 296. The van der Waals surface area contributed by atoms with Gasteiger partial charge >= 0.3 is 0 Å². The van der Waals surface area contributed by atoms with E-state index >= 15 is 0 Å². The minimum atomic E-state index is 0.0611. The van der Waals surface area contributed by atoms with E-state index in [1.807, 2.05) is 0 Å². The summed E-state index contributed by atoms with van der Waals surface area (Å²) in [4.78, 5) is 16.5. The van der Waals surface area contributed by atoms with Gasteiger partial charge in [-0.2, -0.15) is 0 Å². The molecule has 1 heterocycles. The molecule has 0 atom stereocenters. The molecule has 5 nitrogen and oxygen atoms in total. The number of rotatable bonds is 7. The summed E-state index contributed by atoms with van der Waals surface area (Å²) in [5, 5.41) is 3.00. The third-order valence-corrected chi connectivity index (χ3v) is 4.14. The largest absolute Gasteiger partial charge is 0.355 e. The van der Waals surface area contributed by atoms with Crippen molar-refractivity contribution >= 4 is 5.91 Å². The van der Waals surface area contributed by atoms with E-state index in [0.29, 0.717) is 19.0 Å². The van der Waals surface area contributed by atoms with Gasteiger partial charge in [-0.3, -0.25) is 14.6 Å². The molecule has 1 fully saturated rings. The highest BCUT2D eigenvalue weighted by atomic mass is 16.2. The number of nitrogens with two attached hydrogens (primary N) is 1. The highest BCUT2D eigenvalue weighted by Crippen LogP contribution is 2.15. The van der Waals surface area contributed by atoms with Crippen LogP contribution in [0.2, 0.25) is 0 Å². The average Bonchev–Trinajstić information content (AvgIpc) is 2.39. The first-order chi connectivity index (χ1) is 9.35. The Balaban J connectivity index is 2.23. The summed E-state index contributed by atoms with van der Waals surface area (Å²) >= 11 is 0. The van der Waals surface area contributed by atoms with Gasteiger partial charge in [-0.1, -0.05) is 13.8 Å². The molecule has 20 heavy (non-hydrogen) atoms. The Morgan fingerprint density at radius 1 is 1.25 bits per heavy atom. The third kappa shape index (κ3) is 5.77. The van der Waals surface area contributed by atoms with Crippen LogP contribution in [0.1, 0.15) is 34.1 Å². The molecule has 5 heteroatoms. The number of amides is 1. The predicted molar refractivity (Wildman–Crippen MR) is 83.6 cm³/mol. The number of hydrogen-bond acceptors (Lipinski definition) is 4. The van der Waals surface area contributed by atoms with E-state index in [9.17, 15) is 4.79 Å². The standard InChI is InChI=1S/C15H32N4O/c1-13(2)5-6-17-14(20)11-18-7-9-19(10-8-18)15(3,4)12-16/h13H,5-12,16H2,1-4H3,(H,17,20). The van der Waals surface area contributed by atoms with Gasteiger partial charge in [-0.25, -0.2) is 0 Å². The highest BCUT2D eigenvalue weighted by Gasteiger charge is 2.28. The maximum atomic E-state index is 11.8. The minimum Gasteiger partial charge on any atom is -0.355 e. The van der Waals surface area contributed by atoms with Gasteiger partial charge in [0.05, 0.1) is 6.54 Å². The monoisotopic (exact) mass is 284 g/mol. The van der Waals surface area contributed by atoms with Gasteiger partial charge in [-0.05, 0) is 26.2 Å². The Labute approximate surface area is 123 Å². The maximum Gasteiger partial charge on any atom is 0.234 e. The van der Waals surface area contributed by atoms with Crippen LogP contribution in [0.3, 0.4) is 0 Å². The summed E-state index contributed by atoms with van der Waals surface area (Å²) in [6, 6.07) is 0. The second-order valence-electron chi connectivity index (χ2n) is 6.81. The Hall–Kier alpha value is -0.650. The summed E-state index contributed by atoms with van der Waals surface area (Å²) < 4.78 is 0. The van der Waals surface area contributed by atoms with Crippen molar-refractivity contribution < 1.29 is 4.79 Å². The number of nitrogens with zero attached hydrogens (tertiary/aromatic N) is 2. The summed E-state index contributed by atoms with van der Waals surface area (Å²) in [7, 11) is 0. The molecule has 0 radical (unpaired) electrons. The number of piperazine rings is 1. The minimum absolute atomic E-state index is 0.0611. The van der Waals surface area contributed by atoms with Crippen LogP contribution in [0.5, 0.6) is 0 Å². The molecular formula is C15H32N4O. The lowest BCUT2D eigenvalue weighted by molar-refractivity contribution is -0.122. The summed E-state index contributed by atoms with van der Waals surface area (Å²) in [5.74, 6) is 0.787. The zero-order valence-corrected chi connectivity index (χ0v) is 13.6. The van der Waals surface area contributed by atoms with Crippen molar-refractivity contribution in [2.45, 2.75) is 39.7 Å². The van der Waals surface area contributed by atoms with E-state index < -0.39 is 0 Å². The lowest BCUT2D eigenvalue weighted by Gasteiger charge is -2.43. The first-order valence-electron chi connectivity index (χ1n) is 7.79. The van der Waals surface area contributed by atoms with Crippen LogP contribution in [0.15, 0.2) is 0 Å². The lowest BCUT2D eigenvalue weighted by Crippen LogP contribution is -2.58.